The first-order valence-electron chi connectivity index (χ1n) is 6.52. The predicted octanol–water partition coefficient (Wildman–Crippen LogP) is 3.03. The SMILES string of the molecule is COc1ccccc1/C(=C/c1cccc(OC)c1O)C(=O)O. The molecule has 0 unspecified atom stereocenters. The number of aliphatic carboxylic acids is 1. The second-order valence-corrected chi connectivity index (χ2v) is 4.46. The molecule has 0 saturated carbocycles. The van der Waals surface area contributed by atoms with E-state index in [4.69, 9.17) is 9.47 Å². The lowest BCUT2D eigenvalue weighted by atomic mass is 10.0. The molecule has 0 amide bonds. The second-order valence-electron chi connectivity index (χ2n) is 4.46. The lowest BCUT2D eigenvalue weighted by Gasteiger charge is -2.10. The minimum atomic E-state index is -1.12. The fraction of sp³-hybridized carbons (Fsp3) is 0.118. The van der Waals surface area contributed by atoms with Crippen molar-refractivity contribution in [1.82, 2.24) is 0 Å². The van der Waals surface area contributed by atoms with Crippen molar-refractivity contribution in [3.05, 3.63) is 53.6 Å². The lowest BCUT2D eigenvalue weighted by Crippen LogP contribution is -2.02. The maximum absolute atomic E-state index is 11.6. The average Bonchev–Trinajstić information content (AvgIpc) is 2.53. The van der Waals surface area contributed by atoms with Crippen LogP contribution in [-0.4, -0.2) is 30.4 Å². The number of hydrogen-bond acceptors (Lipinski definition) is 4. The third-order valence-corrected chi connectivity index (χ3v) is 3.18. The minimum absolute atomic E-state index is 0.0148. The molecule has 2 aromatic carbocycles. The third-order valence-electron chi connectivity index (χ3n) is 3.18. The molecule has 114 valence electrons. The molecule has 2 rings (SSSR count). The first-order chi connectivity index (χ1) is 10.6. The van der Waals surface area contributed by atoms with Gasteiger partial charge in [-0.25, -0.2) is 4.79 Å². The number of ether oxygens (including phenoxy) is 2. The van der Waals surface area contributed by atoms with Gasteiger partial charge in [0.15, 0.2) is 11.5 Å². The molecular formula is C17H16O5. The molecule has 0 fully saturated rings. The molecule has 5 nitrogen and oxygen atoms in total. The molecular weight excluding hydrogens is 284 g/mol. The van der Waals surface area contributed by atoms with E-state index in [9.17, 15) is 15.0 Å². The summed E-state index contributed by atoms with van der Waals surface area (Å²) in [6.07, 6.45) is 1.39. The highest BCUT2D eigenvalue weighted by Crippen LogP contribution is 2.34. The Morgan fingerprint density at radius 2 is 1.64 bits per heavy atom. The molecule has 2 N–H and O–H groups in total. The summed E-state index contributed by atoms with van der Waals surface area (Å²) >= 11 is 0. The van der Waals surface area contributed by atoms with E-state index in [1.807, 2.05) is 0 Å². The largest absolute Gasteiger partial charge is 0.504 e. The van der Waals surface area contributed by atoms with Crippen molar-refractivity contribution in [3.8, 4) is 17.2 Å². The first-order valence-corrected chi connectivity index (χ1v) is 6.52. The topological polar surface area (TPSA) is 76.0 Å². The average molecular weight is 300 g/mol. The Labute approximate surface area is 128 Å². The number of rotatable bonds is 5. The molecule has 0 saturated heterocycles. The Balaban J connectivity index is 2.60. The Bertz CT molecular complexity index is 719. The van der Waals surface area contributed by atoms with Gasteiger partial charge >= 0.3 is 5.97 Å². The van der Waals surface area contributed by atoms with Crippen LogP contribution >= 0.6 is 0 Å². The van der Waals surface area contributed by atoms with Crippen LogP contribution in [-0.2, 0) is 4.79 Å². The summed E-state index contributed by atoms with van der Waals surface area (Å²) in [7, 11) is 2.90. The maximum atomic E-state index is 11.6. The first kappa shape index (κ1) is 15.4. The van der Waals surface area contributed by atoms with Gasteiger partial charge < -0.3 is 19.7 Å². The molecule has 0 aliphatic carbocycles. The van der Waals surface area contributed by atoms with Crippen molar-refractivity contribution < 1.29 is 24.5 Å². The molecule has 0 spiro atoms. The quantitative estimate of drug-likeness (QED) is 0.655. The highest BCUT2D eigenvalue weighted by atomic mass is 16.5. The summed E-state index contributed by atoms with van der Waals surface area (Å²) in [4.78, 5) is 11.6. The number of para-hydroxylation sites is 2. The molecule has 0 aromatic heterocycles. The molecule has 0 radical (unpaired) electrons. The van der Waals surface area contributed by atoms with Crippen molar-refractivity contribution in [1.29, 1.82) is 0 Å². The molecule has 22 heavy (non-hydrogen) atoms. The second kappa shape index (κ2) is 6.67. The molecule has 2 aromatic rings. The summed E-state index contributed by atoms with van der Waals surface area (Å²) < 4.78 is 10.2. The number of phenols is 1. The van der Waals surface area contributed by atoms with Crippen LogP contribution in [0.15, 0.2) is 42.5 Å². The van der Waals surface area contributed by atoms with Crippen molar-refractivity contribution in [2.45, 2.75) is 0 Å². The van der Waals surface area contributed by atoms with Gasteiger partial charge in [0.2, 0.25) is 0 Å². The summed E-state index contributed by atoms with van der Waals surface area (Å²) in [5.41, 5.74) is 0.795. The maximum Gasteiger partial charge on any atom is 0.336 e. The number of carboxylic acid groups (broad SMARTS) is 1. The Hall–Kier alpha value is -2.95. The van der Waals surface area contributed by atoms with E-state index >= 15 is 0 Å². The molecule has 0 atom stereocenters. The molecule has 5 heteroatoms. The van der Waals surface area contributed by atoms with Gasteiger partial charge in [-0.2, -0.15) is 0 Å². The fourth-order valence-corrected chi connectivity index (χ4v) is 2.10. The molecule has 0 aliphatic rings. The molecule has 0 heterocycles. The van der Waals surface area contributed by atoms with E-state index < -0.39 is 5.97 Å². The van der Waals surface area contributed by atoms with Crippen LogP contribution < -0.4 is 9.47 Å². The van der Waals surface area contributed by atoms with Crippen molar-refractivity contribution in [3.63, 3.8) is 0 Å². The number of hydrogen-bond donors (Lipinski definition) is 2. The number of aromatic hydroxyl groups is 1. The van der Waals surface area contributed by atoms with Gasteiger partial charge in [-0.15, -0.1) is 0 Å². The van der Waals surface area contributed by atoms with E-state index in [-0.39, 0.29) is 17.1 Å². The Morgan fingerprint density at radius 3 is 2.27 bits per heavy atom. The zero-order chi connectivity index (χ0) is 16.1. The van der Waals surface area contributed by atoms with Gasteiger partial charge in [0.25, 0.3) is 0 Å². The van der Waals surface area contributed by atoms with Gasteiger partial charge in [0.1, 0.15) is 5.75 Å². The van der Waals surface area contributed by atoms with E-state index in [1.54, 1.807) is 42.5 Å². The van der Waals surface area contributed by atoms with E-state index in [0.717, 1.165) is 0 Å². The van der Waals surface area contributed by atoms with Crippen LogP contribution in [0, 0.1) is 0 Å². The summed E-state index contributed by atoms with van der Waals surface area (Å²) in [6, 6.07) is 11.7. The lowest BCUT2D eigenvalue weighted by molar-refractivity contribution is -0.130. The Morgan fingerprint density at radius 1 is 1.00 bits per heavy atom. The summed E-state index contributed by atoms with van der Waals surface area (Å²) in [6.45, 7) is 0. The van der Waals surface area contributed by atoms with Crippen LogP contribution in [0.2, 0.25) is 0 Å². The monoisotopic (exact) mass is 300 g/mol. The van der Waals surface area contributed by atoms with Crippen LogP contribution in [0.4, 0.5) is 0 Å². The number of carbonyl (C=O) groups is 1. The van der Waals surface area contributed by atoms with Crippen LogP contribution in [0.5, 0.6) is 17.2 Å². The van der Waals surface area contributed by atoms with E-state index in [2.05, 4.69) is 0 Å². The molecule has 0 aliphatic heterocycles. The van der Waals surface area contributed by atoms with Crippen LogP contribution in [0.1, 0.15) is 11.1 Å². The standard InChI is InChI=1S/C17H16O5/c1-21-14-8-4-3-7-12(14)13(17(19)20)10-11-6-5-9-15(22-2)16(11)18/h3-10,18H,1-2H3,(H,19,20)/b13-10-. The van der Waals surface area contributed by atoms with Gasteiger partial charge in [-0.05, 0) is 18.2 Å². The zero-order valence-electron chi connectivity index (χ0n) is 12.2. The summed E-state index contributed by atoms with van der Waals surface area (Å²) in [5.74, 6) is -0.512. The highest BCUT2D eigenvalue weighted by molar-refractivity contribution is 6.21. The summed E-state index contributed by atoms with van der Waals surface area (Å²) in [5, 5.41) is 19.6. The van der Waals surface area contributed by atoms with Crippen molar-refractivity contribution in [2.75, 3.05) is 14.2 Å². The number of carboxylic acids is 1. The van der Waals surface area contributed by atoms with E-state index in [1.165, 1.54) is 20.3 Å². The van der Waals surface area contributed by atoms with Crippen molar-refractivity contribution in [2.24, 2.45) is 0 Å². The van der Waals surface area contributed by atoms with Gasteiger partial charge in [0.05, 0.1) is 19.8 Å². The number of methoxy groups -OCH3 is 2. The third kappa shape index (κ3) is 3.03. The van der Waals surface area contributed by atoms with Gasteiger partial charge in [0, 0.05) is 11.1 Å². The normalized spacial score (nSPS) is 11.1. The van der Waals surface area contributed by atoms with Crippen molar-refractivity contribution >= 4 is 17.6 Å². The van der Waals surface area contributed by atoms with Crippen LogP contribution in [0.25, 0.3) is 11.6 Å². The zero-order valence-corrected chi connectivity index (χ0v) is 12.2. The number of benzene rings is 2. The van der Waals surface area contributed by atoms with E-state index in [0.29, 0.717) is 16.9 Å². The predicted molar refractivity (Wildman–Crippen MR) is 83.2 cm³/mol. The van der Waals surface area contributed by atoms with Crippen LogP contribution in [0.3, 0.4) is 0 Å². The minimum Gasteiger partial charge on any atom is -0.504 e. The van der Waals surface area contributed by atoms with Gasteiger partial charge in [-0.1, -0.05) is 30.3 Å². The number of phenolic OH excluding ortho intramolecular Hbond substituents is 1. The Kier molecular flexibility index (Phi) is 4.68. The smallest absolute Gasteiger partial charge is 0.336 e. The molecule has 0 bridgehead atoms. The van der Waals surface area contributed by atoms with Gasteiger partial charge in [-0.3, -0.25) is 0 Å². The highest BCUT2D eigenvalue weighted by Gasteiger charge is 2.16. The fourth-order valence-electron chi connectivity index (χ4n) is 2.10.